The van der Waals surface area contributed by atoms with E-state index in [4.69, 9.17) is 0 Å². The van der Waals surface area contributed by atoms with Crippen LogP contribution in [0.5, 0.6) is 0 Å². The van der Waals surface area contributed by atoms with Crippen molar-refractivity contribution >= 4 is 5.97 Å². The third-order valence-corrected chi connectivity index (χ3v) is 7.35. The Morgan fingerprint density at radius 3 is 2.38 bits per heavy atom. The summed E-state index contributed by atoms with van der Waals surface area (Å²) in [6.45, 7) is 5.59. The van der Waals surface area contributed by atoms with E-state index >= 15 is 0 Å². The van der Waals surface area contributed by atoms with Crippen molar-refractivity contribution in [3.05, 3.63) is 81.5 Å². The number of aromatic nitrogens is 2. The van der Waals surface area contributed by atoms with E-state index in [1.54, 1.807) is 12.1 Å². The first-order chi connectivity index (χ1) is 16.5. The normalized spacial score (nSPS) is 14.4. The lowest BCUT2D eigenvalue weighted by atomic mass is 9.87. The van der Waals surface area contributed by atoms with E-state index in [1.165, 1.54) is 32.1 Å². The molecule has 0 radical (unpaired) electrons. The van der Waals surface area contributed by atoms with Crippen molar-refractivity contribution in [1.29, 1.82) is 0 Å². The van der Waals surface area contributed by atoms with Crippen LogP contribution in [0.3, 0.4) is 0 Å². The summed E-state index contributed by atoms with van der Waals surface area (Å²) >= 11 is 0. The summed E-state index contributed by atoms with van der Waals surface area (Å²) in [6.07, 6.45) is 9.59. The van der Waals surface area contributed by atoms with Gasteiger partial charge in [-0.15, -0.1) is 0 Å². The number of rotatable bonds is 9. The molecule has 1 aliphatic carbocycles. The van der Waals surface area contributed by atoms with Crippen molar-refractivity contribution < 1.29 is 9.90 Å². The van der Waals surface area contributed by atoms with Crippen molar-refractivity contribution in [2.75, 3.05) is 0 Å². The molecule has 4 rings (SSSR count). The van der Waals surface area contributed by atoms with Gasteiger partial charge < -0.3 is 5.11 Å². The van der Waals surface area contributed by atoms with Crippen LogP contribution in [-0.2, 0) is 19.5 Å². The summed E-state index contributed by atoms with van der Waals surface area (Å²) in [7, 11) is 0. The Kier molecular flexibility index (Phi) is 7.71. The first-order valence-electron chi connectivity index (χ1n) is 12.7. The molecule has 3 aromatic rings. The molecule has 0 bridgehead atoms. The van der Waals surface area contributed by atoms with E-state index in [9.17, 15) is 14.7 Å². The summed E-state index contributed by atoms with van der Waals surface area (Å²) in [5, 5.41) is 9.50. The van der Waals surface area contributed by atoms with Gasteiger partial charge in [-0.2, -0.15) is 0 Å². The summed E-state index contributed by atoms with van der Waals surface area (Å²) in [5.41, 5.74) is 5.24. The third-order valence-electron chi connectivity index (χ3n) is 7.35. The van der Waals surface area contributed by atoms with Gasteiger partial charge in [0, 0.05) is 17.9 Å². The molecule has 5 heteroatoms. The largest absolute Gasteiger partial charge is 0.478 e. The summed E-state index contributed by atoms with van der Waals surface area (Å²) in [4.78, 5) is 25.0. The molecule has 5 nitrogen and oxygen atoms in total. The first kappa shape index (κ1) is 24.1. The number of aromatic carboxylic acids is 1. The fourth-order valence-electron chi connectivity index (χ4n) is 5.42. The topological polar surface area (TPSA) is 64.2 Å². The number of hydrogen-bond donors (Lipinski definition) is 1. The van der Waals surface area contributed by atoms with Gasteiger partial charge in [-0.05, 0) is 48.4 Å². The molecule has 1 aromatic heterocycles. The second-order valence-electron chi connectivity index (χ2n) is 9.64. The van der Waals surface area contributed by atoms with Crippen molar-refractivity contribution in [3.8, 4) is 11.1 Å². The quantitative estimate of drug-likeness (QED) is 0.408. The van der Waals surface area contributed by atoms with E-state index in [0.717, 1.165) is 54.2 Å². The van der Waals surface area contributed by atoms with E-state index in [0.29, 0.717) is 17.7 Å². The highest BCUT2D eigenvalue weighted by Gasteiger charge is 2.19. The van der Waals surface area contributed by atoms with Gasteiger partial charge in [-0.3, -0.25) is 9.13 Å². The third kappa shape index (κ3) is 5.19. The molecule has 0 atom stereocenters. The van der Waals surface area contributed by atoms with Gasteiger partial charge in [-0.1, -0.05) is 87.9 Å². The molecule has 0 saturated heterocycles. The van der Waals surface area contributed by atoms with Gasteiger partial charge in [0.05, 0.1) is 12.1 Å². The molecule has 1 N–H and O–H groups in total. The fraction of sp³-hybridized carbons (Fsp3) is 0.448. The smallest absolute Gasteiger partial charge is 0.336 e. The molecule has 2 aromatic carbocycles. The summed E-state index contributed by atoms with van der Waals surface area (Å²) in [5.74, 6) is -0.181. The maximum absolute atomic E-state index is 13.4. The Morgan fingerprint density at radius 1 is 1.00 bits per heavy atom. The fourth-order valence-corrected chi connectivity index (χ4v) is 5.42. The number of hydrogen-bond acceptors (Lipinski definition) is 2. The average Bonchev–Trinajstić information content (AvgIpc) is 3.07. The van der Waals surface area contributed by atoms with Gasteiger partial charge in [-0.25, -0.2) is 9.59 Å². The van der Waals surface area contributed by atoms with Gasteiger partial charge >= 0.3 is 11.7 Å². The second-order valence-corrected chi connectivity index (χ2v) is 9.64. The Bertz CT molecular complexity index is 1180. The zero-order valence-corrected chi connectivity index (χ0v) is 20.4. The summed E-state index contributed by atoms with van der Waals surface area (Å²) < 4.78 is 3.94. The van der Waals surface area contributed by atoms with Gasteiger partial charge in [0.15, 0.2) is 0 Å². The van der Waals surface area contributed by atoms with Crippen LogP contribution in [0.2, 0.25) is 0 Å². The monoisotopic (exact) mass is 460 g/mol. The van der Waals surface area contributed by atoms with Crippen molar-refractivity contribution in [1.82, 2.24) is 9.13 Å². The molecule has 0 aliphatic heterocycles. The minimum Gasteiger partial charge on any atom is -0.478 e. The molecule has 1 saturated carbocycles. The summed E-state index contributed by atoms with van der Waals surface area (Å²) in [6, 6.07) is 15.0. The highest BCUT2D eigenvalue weighted by molar-refractivity contribution is 5.95. The highest BCUT2D eigenvalue weighted by Crippen LogP contribution is 2.27. The van der Waals surface area contributed by atoms with Crippen molar-refractivity contribution in [3.63, 3.8) is 0 Å². The lowest BCUT2D eigenvalue weighted by Crippen LogP contribution is -2.27. The van der Waals surface area contributed by atoms with E-state index < -0.39 is 5.97 Å². The zero-order valence-electron chi connectivity index (χ0n) is 20.4. The molecule has 180 valence electrons. The predicted molar refractivity (Wildman–Crippen MR) is 137 cm³/mol. The van der Waals surface area contributed by atoms with E-state index in [1.807, 2.05) is 45.5 Å². The minimum atomic E-state index is -0.930. The molecule has 34 heavy (non-hydrogen) atoms. The standard InChI is InChI=1S/C29H36N2O3/c1-3-9-27-21(2)30(19-18-22-10-5-4-6-11-22)29(34)31(27)20-23-14-16-24(17-15-23)25-12-7-8-13-26(25)28(32)33/h7-8,12-17,22H,3-6,9-11,18-20H2,1-2H3,(H,32,33). The highest BCUT2D eigenvalue weighted by atomic mass is 16.4. The number of carboxylic acid groups (broad SMARTS) is 1. The van der Waals surface area contributed by atoms with Crippen LogP contribution in [-0.4, -0.2) is 20.2 Å². The first-order valence-corrected chi connectivity index (χ1v) is 12.7. The van der Waals surface area contributed by atoms with Crippen LogP contribution in [0.1, 0.15) is 79.2 Å². The average molecular weight is 461 g/mol. The lowest BCUT2D eigenvalue weighted by molar-refractivity contribution is 0.0697. The Hall–Kier alpha value is -3.08. The number of carbonyl (C=O) groups is 1. The molecule has 0 amide bonds. The lowest BCUT2D eigenvalue weighted by Gasteiger charge is -2.21. The molecule has 0 unspecified atom stereocenters. The van der Waals surface area contributed by atoms with Crippen molar-refractivity contribution in [2.24, 2.45) is 5.92 Å². The Balaban J connectivity index is 1.57. The molecule has 1 aliphatic rings. The minimum absolute atomic E-state index is 0.0945. The van der Waals surface area contributed by atoms with Crippen molar-refractivity contribution in [2.45, 2.75) is 78.3 Å². The van der Waals surface area contributed by atoms with E-state index in [-0.39, 0.29) is 5.69 Å². The number of imidazole rings is 1. The second kappa shape index (κ2) is 10.9. The van der Waals surface area contributed by atoms with Crippen LogP contribution < -0.4 is 5.69 Å². The molecule has 1 heterocycles. The molecule has 1 fully saturated rings. The van der Waals surface area contributed by atoms with Crippen LogP contribution in [0.15, 0.2) is 53.3 Å². The van der Waals surface area contributed by atoms with Crippen LogP contribution >= 0.6 is 0 Å². The van der Waals surface area contributed by atoms with Gasteiger partial charge in [0.1, 0.15) is 0 Å². The maximum atomic E-state index is 13.4. The SMILES string of the molecule is CCCc1c(C)n(CCC2CCCCC2)c(=O)n1Cc1ccc(-c2ccccc2C(=O)O)cc1. The Morgan fingerprint density at radius 2 is 1.71 bits per heavy atom. The molecule has 0 spiro atoms. The predicted octanol–water partition coefficient (Wildman–Crippen LogP) is 6.29. The van der Waals surface area contributed by atoms with E-state index in [2.05, 4.69) is 13.8 Å². The number of benzene rings is 2. The van der Waals surface area contributed by atoms with Crippen LogP contribution in [0.25, 0.3) is 11.1 Å². The Labute approximate surface area is 202 Å². The van der Waals surface area contributed by atoms with Gasteiger partial charge in [0.25, 0.3) is 0 Å². The van der Waals surface area contributed by atoms with Crippen LogP contribution in [0, 0.1) is 12.8 Å². The number of nitrogens with zero attached hydrogens (tertiary/aromatic N) is 2. The number of carboxylic acids is 1. The molecular weight excluding hydrogens is 424 g/mol. The van der Waals surface area contributed by atoms with Crippen LogP contribution in [0.4, 0.5) is 0 Å². The van der Waals surface area contributed by atoms with Gasteiger partial charge in [0.2, 0.25) is 0 Å². The maximum Gasteiger partial charge on any atom is 0.336 e. The zero-order chi connectivity index (χ0) is 24.1. The molecular formula is C29H36N2O3.